The van der Waals surface area contributed by atoms with Crippen LogP contribution in [-0.4, -0.2) is 33.4 Å². The van der Waals surface area contributed by atoms with Crippen molar-refractivity contribution in [2.45, 2.75) is 29.6 Å². The summed E-state index contributed by atoms with van der Waals surface area (Å²) in [6.45, 7) is 0. The second kappa shape index (κ2) is 10.9. The van der Waals surface area contributed by atoms with Crippen LogP contribution in [0.4, 0.5) is 4.39 Å². The molecule has 2 aliphatic rings. The lowest BCUT2D eigenvalue weighted by molar-refractivity contribution is -0.152. The van der Waals surface area contributed by atoms with Crippen molar-refractivity contribution in [1.82, 2.24) is 9.97 Å². The molecule has 8 nitrogen and oxygen atoms in total. The van der Waals surface area contributed by atoms with E-state index in [1.54, 1.807) is 24.3 Å². The Morgan fingerprint density at radius 3 is 2.38 bits per heavy atom. The van der Waals surface area contributed by atoms with Crippen LogP contribution in [-0.2, 0) is 17.6 Å². The first kappa shape index (κ1) is 29.5. The van der Waals surface area contributed by atoms with Gasteiger partial charge in [-0.15, -0.1) is 0 Å². The highest BCUT2D eigenvalue weighted by atomic mass is 19.1. The maximum Gasteiger partial charge on any atom is 0.224 e. The largest absolute Gasteiger partial charge is 0.481 e. The van der Waals surface area contributed by atoms with Gasteiger partial charge in [-0.05, 0) is 53.4 Å². The lowest BCUT2D eigenvalue weighted by Crippen LogP contribution is -2.52. The molecule has 1 fully saturated rings. The Morgan fingerprint density at radius 2 is 1.65 bits per heavy atom. The number of fused-ring (bicyclic) bond motifs is 5. The Labute approximate surface area is 274 Å². The third-order valence-corrected chi connectivity index (χ3v) is 9.92. The minimum atomic E-state index is -2.16. The highest BCUT2D eigenvalue weighted by Crippen LogP contribution is 2.70. The number of aliphatic hydroxyl groups is 2. The number of pyridine rings is 2. The lowest BCUT2D eigenvalue weighted by Gasteiger charge is -2.41. The van der Waals surface area contributed by atoms with Gasteiger partial charge in [0, 0.05) is 34.7 Å². The number of rotatable bonds is 5. The molecular formula is C39H27FN4O4. The predicted octanol–water partition coefficient (Wildman–Crippen LogP) is 6.17. The number of aromatic nitrogens is 2. The molecule has 0 bridgehead atoms. The number of halogens is 1. The molecule has 2 aromatic heterocycles. The Balaban J connectivity index is 1.41. The van der Waals surface area contributed by atoms with Crippen LogP contribution in [0.1, 0.15) is 39.4 Å². The van der Waals surface area contributed by atoms with Crippen LogP contribution < -0.4 is 9.47 Å². The van der Waals surface area contributed by atoms with Gasteiger partial charge in [-0.25, -0.2) is 14.4 Å². The van der Waals surface area contributed by atoms with Gasteiger partial charge in [-0.2, -0.15) is 10.5 Å². The molecule has 0 spiro atoms. The minimum Gasteiger partial charge on any atom is -0.481 e. The van der Waals surface area contributed by atoms with E-state index >= 15 is 4.39 Å². The van der Waals surface area contributed by atoms with E-state index in [-0.39, 0.29) is 29.3 Å². The quantitative estimate of drug-likeness (QED) is 0.215. The number of para-hydroxylation sites is 1. The van der Waals surface area contributed by atoms with Crippen LogP contribution in [0.5, 0.6) is 11.6 Å². The fourth-order valence-corrected chi connectivity index (χ4v) is 7.99. The van der Waals surface area contributed by atoms with Gasteiger partial charge in [0.25, 0.3) is 0 Å². The highest BCUT2D eigenvalue weighted by Gasteiger charge is 2.76. The average molecular weight is 635 g/mol. The van der Waals surface area contributed by atoms with Crippen molar-refractivity contribution in [2.75, 3.05) is 7.11 Å². The molecule has 1 aliphatic carbocycles. The van der Waals surface area contributed by atoms with Crippen LogP contribution in [0.15, 0.2) is 103 Å². The van der Waals surface area contributed by atoms with Crippen molar-refractivity contribution >= 4 is 21.8 Å². The summed E-state index contributed by atoms with van der Waals surface area (Å²) in [6, 6.07) is 34.1. The molecule has 2 N–H and O–H groups in total. The summed E-state index contributed by atoms with van der Waals surface area (Å²) in [5.41, 5.74) is -0.264. The van der Waals surface area contributed by atoms with E-state index in [4.69, 9.17) is 14.5 Å². The number of aliphatic hydroxyl groups excluding tert-OH is 1. The normalized spacial score (nSPS) is 24.0. The Morgan fingerprint density at radius 1 is 0.896 bits per heavy atom. The summed E-state index contributed by atoms with van der Waals surface area (Å²) >= 11 is 0. The molecule has 234 valence electrons. The third kappa shape index (κ3) is 4.05. The lowest BCUT2D eigenvalue weighted by atomic mass is 9.70. The standard InChI is InChI=1S/C39H27FN4O4/c1-47-37-35-33(19-28(21-42)43-37)48-39(26-13-11-22(20-41)12-14-26)34(23-7-3-2-4-8-23)30(36(45)38(35,39)46)17-25-15-27(40)18-32-29(25)16-24-9-5-6-10-31(24)44-32/h2-16,18-19,30,34,36,45-46H,17H2,1H3. The smallest absolute Gasteiger partial charge is 0.224 e. The molecule has 1 saturated carbocycles. The van der Waals surface area contributed by atoms with Crippen LogP contribution in [0, 0.1) is 34.4 Å². The Hall–Kier alpha value is -5.87. The van der Waals surface area contributed by atoms with E-state index < -0.39 is 35.0 Å². The summed E-state index contributed by atoms with van der Waals surface area (Å²) < 4.78 is 27.8. The summed E-state index contributed by atoms with van der Waals surface area (Å²) in [6.07, 6.45) is -1.37. The first-order chi connectivity index (χ1) is 23.3. The summed E-state index contributed by atoms with van der Waals surface area (Å²) in [5, 5.41) is 46.8. The number of hydrogen-bond acceptors (Lipinski definition) is 8. The maximum atomic E-state index is 15.3. The van der Waals surface area contributed by atoms with Crippen LogP contribution in [0.25, 0.3) is 21.8 Å². The zero-order valence-electron chi connectivity index (χ0n) is 25.6. The van der Waals surface area contributed by atoms with Crippen LogP contribution in [0.2, 0.25) is 0 Å². The molecule has 1 aliphatic heterocycles. The van der Waals surface area contributed by atoms with Gasteiger partial charge >= 0.3 is 0 Å². The molecule has 9 heteroatoms. The molecule has 48 heavy (non-hydrogen) atoms. The van der Waals surface area contributed by atoms with Gasteiger partial charge in [0.2, 0.25) is 5.88 Å². The fraction of sp³-hybridized carbons (Fsp3) is 0.179. The number of methoxy groups -OCH3 is 1. The minimum absolute atomic E-state index is 0.0115. The molecular weight excluding hydrogens is 607 g/mol. The molecule has 5 atom stereocenters. The van der Waals surface area contributed by atoms with Crippen molar-refractivity contribution in [2.24, 2.45) is 5.92 Å². The molecule has 0 amide bonds. The van der Waals surface area contributed by atoms with Gasteiger partial charge in [0.1, 0.15) is 23.3 Å². The van der Waals surface area contributed by atoms with E-state index in [0.717, 1.165) is 21.9 Å². The van der Waals surface area contributed by atoms with Gasteiger partial charge in [-0.1, -0.05) is 60.7 Å². The first-order valence-electron chi connectivity index (χ1n) is 15.4. The molecule has 0 saturated heterocycles. The molecule has 3 heterocycles. The highest BCUT2D eigenvalue weighted by molar-refractivity contribution is 5.94. The van der Waals surface area contributed by atoms with Gasteiger partial charge in [0.05, 0.1) is 41.4 Å². The van der Waals surface area contributed by atoms with E-state index in [2.05, 4.69) is 11.1 Å². The van der Waals surface area contributed by atoms with E-state index in [9.17, 15) is 20.7 Å². The third-order valence-electron chi connectivity index (χ3n) is 9.92. The zero-order chi connectivity index (χ0) is 33.2. The van der Waals surface area contributed by atoms with Crippen molar-refractivity contribution in [3.63, 3.8) is 0 Å². The van der Waals surface area contributed by atoms with Crippen LogP contribution in [0.3, 0.4) is 0 Å². The van der Waals surface area contributed by atoms with Crippen molar-refractivity contribution in [3.05, 3.63) is 142 Å². The average Bonchev–Trinajstić information content (AvgIpc) is 3.48. The maximum absolute atomic E-state index is 15.3. The summed E-state index contributed by atoms with van der Waals surface area (Å²) in [7, 11) is 1.37. The van der Waals surface area contributed by atoms with E-state index in [0.29, 0.717) is 22.2 Å². The number of benzene rings is 4. The number of nitrogens with zero attached hydrogens (tertiary/aromatic N) is 4. The van der Waals surface area contributed by atoms with E-state index in [1.807, 2.05) is 66.7 Å². The van der Waals surface area contributed by atoms with Gasteiger partial charge in [-0.3, -0.25) is 0 Å². The Bertz CT molecular complexity index is 2340. The molecule has 6 aromatic rings. The number of ether oxygens (including phenoxy) is 2. The number of nitriles is 2. The monoisotopic (exact) mass is 634 g/mol. The van der Waals surface area contributed by atoms with Crippen LogP contribution >= 0.6 is 0 Å². The molecule has 0 radical (unpaired) electrons. The first-order valence-corrected chi connectivity index (χ1v) is 15.4. The van der Waals surface area contributed by atoms with Crippen molar-refractivity contribution in [3.8, 4) is 23.8 Å². The summed E-state index contributed by atoms with van der Waals surface area (Å²) in [4.78, 5) is 9.06. The number of hydrogen-bond donors (Lipinski definition) is 2. The molecule has 5 unspecified atom stereocenters. The van der Waals surface area contributed by atoms with Crippen molar-refractivity contribution in [1.29, 1.82) is 10.5 Å². The van der Waals surface area contributed by atoms with E-state index in [1.165, 1.54) is 25.3 Å². The molecule has 8 rings (SSSR count). The summed E-state index contributed by atoms with van der Waals surface area (Å²) in [5.74, 6) is -1.86. The van der Waals surface area contributed by atoms with Crippen molar-refractivity contribution < 1.29 is 24.1 Å². The second-order valence-corrected chi connectivity index (χ2v) is 12.3. The fourth-order valence-electron chi connectivity index (χ4n) is 7.99. The SMILES string of the molecule is COc1nc(C#N)cc2c1C1(O)C(O)C(Cc3cc(F)cc4nc5ccccc5cc34)C(c3ccccc3)C1(c1ccc(C#N)cc1)O2. The topological polar surface area (TPSA) is 132 Å². The van der Waals surface area contributed by atoms with Gasteiger partial charge < -0.3 is 19.7 Å². The predicted molar refractivity (Wildman–Crippen MR) is 174 cm³/mol. The Kier molecular flexibility index (Phi) is 6.67. The zero-order valence-corrected chi connectivity index (χ0v) is 25.6. The van der Waals surface area contributed by atoms with Gasteiger partial charge in [0.15, 0.2) is 11.2 Å². The molecule has 4 aromatic carbocycles. The second-order valence-electron chi connectivity index (χ2n) is 12.3.